The van der Waals surface area contributed by atoms with Crippen LogP contribution in [0.5, 0.6) is 0 Å². The van der Waals surface area contributed by atoms with Crippen molar-refractivity contribution in [3.8, 4) is 11.1 Å². The van der Waals surface area contributed by atoms with E-state index in [1.165, 1.54) is 0 Å². The standard InChI is InChI=1S/C27H24N2O4/c1-16-7-6-12-23-25(16)17(14-28-23)13-24(26(30)31)29-27(32)33-15-22-20-10-4-2-8-18(20)19-9-3-5-11-21(19)22/h2-12,14,22,24,28H,13,15H2,1H3,(H,29,32)(H,30,31). The van der Waals surface area contributed by atoms with Gasteiger partial charge >= 0.3 is 12.1 Å². The summed E-state index contributed by atoms with van der Waals surface area (Å²) >= 11 is 0. The summed E-state index contributed by atoms with van der Waals surface area (Å²) < 4.78 is 5.53. The monoisotopic (exact) mass is 440 g/mol. The number of aromatic amines is 1. The maximum absolute atomic E-state index is 12.6. The Kier molecular flexibility index (Phi) is 5.34. The molecule has 33 heavy (non-hydrogen) atoms. The molecule has 0 radical (unpaired) electrons. The zero-order chi connectivity index (χ0) is 22.9. The molecule has 1 aliphatic rings. The number of rotatable bonds is 6. The van der Waals surface area contributed by atoms with Gasteiger partial charge < -0.3 is 20.1 Å². The summed E-state index contributed by atoms with van der Waals surface area (Å²) in [6, 6.07) is 20.9. The van der Waals surface area contributed by atoms with Crippen LogP contribution in [0, 0.1) is 6.92 Å². The van der Waals surface area contributed by atoms with Crippen molar-refractivity contribution in [2.75, 3.05) is 6.61 Å². The molecule has 0 saturated carbocycles. The van der Waals surface area contributed by atoms with Gasteiger partial charge in [0.25, 0.3) is 0 Å². The van der Waals surface area contributed by atoms with Crippen molar-refractivity contribution >= 4 is 23.0 Å². The predicted molar refractivity (Wildman–Crippen MR) is 126 cm³/mol. The minimum atomic E-state index is -1.11. The molecule has 6 heteroatoms. The first kappa shape index (κ1) is 20.8. The highest BCUT2D eigenvalue weighted by Crippen LogP contribution is 2.44. The molecule has 1 atom stereocenters. The molecule has 1 heterocycles. The number of amides is 1. The van der Waals surface area contributed by atoms with Crippen LogP contribution in [0.15, 0.2) is 72.9 Å². The third-order valence-corrected chi connectivity index (χ3v) is 6.35. The lowest BCUT2D eigenvalue weighted by molar-refractivity contribution is -0.139. The Morgan fingerprint density at radius 3 is 2.33 bits per heavy atom. The van der Waals surface area contributed by atoms with E-state index in [-0.39, 0.29) is 18.9 Å². The van der Waals surface area contributed by atoms with Crippen LogP contribution in [0.25, 0.3) is 22.0 Å². The molecule has 0 bridgehead atoms. The average molecular weight is 440 g/mol. The molecule has 0 fully saturated rings. The summed E-state index contributed by atoms with van der Waals surface area (Å²) in [6.45, 7) is 2.12. The topological polar surface area (TPSA) is 91.4 Å². The van der Waals surface area contributed by atoms with Gasteiger partial charge in [0.15, 0.2) is 0 Å². The van der Waals surface area contributed by atoms with Crippen molar-refractivity contribution in [2.45, 2.75) is 25.3 Å². The minimum Gasteiger partial charge on any atom is -0.480 e. The molecule has 3 N–H and O–H groups in total. The van der Waals surface area contributed by atoms with E-state index in [0.717, 1.165) is 44.3 Å². The number of aryl methyl sites for hydroxylation is 1. The van der Waals surface area contributed by atoms with Crippen molar-refractivity contribution < 1.29 is 19.4 Å². The Bertz CT molecular complexity index is 1310. The van der Waals surface area contributed by atoms with Crippen LogP contribution < -0.4 is 5.32 Å². The summed E-state index contributed by atoms with van der Waals surface area (Å²) in [5.74, 6) is -1.19. The Balaban J connectivity index is 1.29. The van der Waals surface area contributed by atoms with Gasteiger partial charge in [0.1, 0.15) is 12.6 Å². The van der Waals surface area contributed by atoms with Crippen LogP contribution >= 0.6 is 0 Å². The smallest absolute Gasteiger partial charge is 0.407 e. The normalized spacial score (nSPS) is 13.4. The maximum atomic E-state index is 12.6. The van der Waals surface area contributed by atoms with Gasteiger partial charge in [-0.1, -0.05) is 60.7 Å². The van der Waals surface area contributed by atoms with E-state index in [9.17, 15) is 14.7 Å². The SMILES string of the molecule is Cc1cccc2[nH]cc(CC(NC(=O)OCC3c4ccccc4-c4ccccc43)C(=O)O)c12. The summed E-state index contributed by atoms with van der Waals surface area (Å²) in [5, 5.41) is 13.2. The molecule has 4 aromatic rings. The zero-order valence-corrected chi connectivity index (χ0v) is 18.2. The number of alkyl carbamates (subject to hydrolysis) is 1. The number of aromatic nitrogens is 1. The number of ether oxygens (including phenoxy) is 1. The number of fused-ring (bicyclic) bond motifs is 4. The summed E-state index contributed by atoms with van der Waals surface area (Å²) in [6.07, 6.45) is 1.22. The number of carboxylic acids is 1. The highest BCUT2D eigenvalue weighted by molar-refractivity contribution is 5.88. The first-order valence-corrected chi connectivity index (χ1v) is 10.9. The van der Waals surface area contributed by atoms with Crippen LogP contribution in [-0.2, 0) is 16.0 Å². The molecule has 0 saturated heterocycles. The van der Waals surface area contributed by atoms with E-state index < -0.39 is 18.1 Å². The zero-order valence-electron chi connectivity index (χ0n) is 18.2. The van der Waals surface area contributed by atoms with Crippen LogP contribution in [0.1, 0.15) is 28.2 Å². The van der Waals surface area contributed by atoms with E-state index in [0.29, 0.717) is 0 Å². The van der Waals surface area contributed by atoms with E-state index in [2.05, 4.69) is 22.4 Å². The molecular formula is C27H24N2O4. The van der Waals surface area contributed by atoms with Gasteiger partial charge in [-0.05, 0) is 46.4 Å². The third-order valence-electron chi connectivity index (χ3n) is 6.35. The minimum absolute atomic E-state index is 0.0808. The number of carbonyl (C=O) groups is 2. The summed E-state index contributed by atoms with van der Waals surface area (Å²) in [4.78, 5) is 27.7. The van der Waals surface area contributed by atoms with Crippen LogP contribution in [-0.4, -0.2) is 34.8 Å². The highest BCUT2D eigenvalue weighted by Gasteiger charge is 2.30. The fourth-order valence-corrected chi connectivity index (χ4v) is 4.81. The number of carbonyl (C=O) groups excluding carboxylic acids is 1. The Morgan fingerprint density at radius 2 is 1.67 bits per heavy atom. The Labute approximate surface area is 191 Å². The fourth-order valence-electron chi connectivity index (χ4n) is 4.81. The second-order valence-electron chi connectivity index (χ2n) is 8.38. The number of H-pyrrole nitrogens is 1. The molecule has 1 unspecified atom stereocenters. The van der Waals surface area contributed by atoms with Gasteiger partial charge in [-0.3, -0.25) is 0 Å². The number of hydrogen-bond acceptors (Lipinski definition) is 3. The van der Waals surface area contributed by atoms with Crippen molar-refractivity contribution in [2.24, 2.45) is 0 Å². The van der Waals surface area contributed by atoms with Gasteiger partial charge in [-0.2, -0.15) is 0 Å². The van der Waals surface area contributed by atoms with Crippen molar-refractivity contribution in [1.82, 2.24) is 10.3 Å². The lowest BCUT2D eigenvalue weighted by atomic mass is 9.98. The summed E-state index contributed by atoms with van der Waals surface area (Å²) in [5.41, 5.74) is 7.32. The predicted octanol–water partition coefficient (Wildman–Crippen LogP) is 5.01. The molecular weight excluding hydrogens is 416 g/mol. The molecule has 166 valence electrons. The number of hydrogen-bond donors (Lipinski definition) is 3. The van der Waals surface area contributed by atoms with E-state index >= 15 is 0 Å². The maximum Gasteiger partial charge on any atom is 0.407 e. The van der Waals surface area contributed by atoms with Crippen LogP contribution in [0.4, 0.5) is 4.79 Å². The fraction of sp³-hybridized carbons (Fsp3) is 0.185. The Hall–Kier alpha value is -4.06. The number of nitrogens with one attached hydrogen (secondary N) is 2. The lowest BCUT2D eigenvalue weighted by Gasteiger charge is -2.17. The molecule has 1 aliphatic carbocycles. The molecule has 6 nitrogen and oxygen atoms in total. The van der Waals surface area contributed by atoms with Gasteiger partial charge in [-0.15, -0.1) is 0 Å². The number of benzene rings is 3. The number of aliphatic carboxylic acids is 1. The molecule has 1 amide bonds. The van der Waals surface area contributed by atoms with Crippen LogP contribution in [0.3, 0.4) is 0 Å². The van der Waals surface area contributed by atoms with E-state index in [1.54, 1.807) is 6.20 Å². The van der Waals surface area contributed by atoms with Gasteiger partial charge in [-0.25, -0.2) is 9.59 Å². The van der Waals surface area contributed by atoms with Crippen LogP contribution in [0.2, 0.25) is 0 Å². The number of carboxylic acid groups (broad SMARTS) is 1. The Morgan fingerprint density at radius 1 is 1.00 bits per heavy atom. The summed E-state index contributed by atoms with van der Waals surface area (Å²) in [7, 11) is 0. The molecule has 5 rings (SSSR count). The second kappa shape index (κ2) is 8.47. The molecule has 0 spiro atoms. The second-order valence-corrected chi connectivity index (χ2v) is 8.38. The highest BCUT2D eigenvalue weighted by atomic mass is 16.5. The molecule has 3 aromatic carbocycles. The molecule has 0 aliphatic heterocycles. The van der Waals surface area contributed by atoms with Gasteiger partial charge in [0, 0.05) is 29.4 Å². The van der Waals surface area contributed by atoms with Crippen molar-refractivity contribution in [3.05, 3.63) is 95.2 Å². The molecule has 1 aromatic heterocycles. The van der Waals surface area contributed by atoms with E-state index in [1.807, 2.05) is 61.5 Å². The largest absolute Gasteiger partial charge is 0.480 e. The first-order valence-electron chi connectivity index (χ1n) is 10.9. The van der Waals surface area contributed by atoms with Gasteiger partial charge in [0.05, 0.1) is 0 Å². The lowest BCUT2D eigenvalue weighted by Crippen LogP contribution is -2.42. The third kappa shape index (κ3) is 3.84. The first-order chi connectivity index (χ1) is 16.0. The van der Waals surface area contributed by atoms with Gasteiger partial charge in [0.2, 0.25) is 0 Å². The van der Waals surface area contributed by atoms with Crippen molar-refractivity contribution in [1.29, 1.82) is 0 Å². The average Bonchev–Trinajstić information content (AvgIpc) is 3.37. The van der Waals surface area contributed by atoms with E-state index in [4.69, 9.17) is 4.74 Å². The quantitative estimate of drug-likeness (QED) is 0.393. The van der Waals surface area contributed by atoms with Crippen molar-refractivity contribution in [3.63, 3.8) is 0 Å².